The molecule has 0 radical (unpaired) electrons. The monoisotopic (exact) mass is 500 g/mol. The average molecular weight is 501 g/mol. The van der Waals surface area contributed by atoms with Gasteiger partial charge in [0.1, 0.15) is 5.82 Å². The second-order valence-corrected chi connectivity index (χ2v) is 11.3. The van der Waals surface area contributed by atoms with Gasteiger partial charge < -0.3 is 4.90 Å². The quantitative estimate of drug-likeness (QED) is 0.459. The van der Waals surface area contributed by atoms with E-state index in [0.717, 1.165) is 63.1 Å². The molecule has 1 heterocycles. The molecule has 0 N–H and O–H groups in total. The molecule has 0 amide bonds. The first kappa shape index (κ1) is 27.1. The fourth-order valence-corrected chi connectivity index (χ4v) is 5.71. The Balaban J connectivity index is 1.43. The van der Waals surface area contributed by atoms with Crippen molar-refractivity contribution in [2.75, 3.05) is 56.4 Å². The molecule has 0 aromatic heterocycles. The number of anilines is 1. The van der Waals surface area contributed by atoms with Gasteiger partial charge in [0.15, 0.2) is 0 Å². The summed E-state index contributed by atoms with van der Waals surface area (Å²) in [7, 11) is -3.44. The number of rotatable bonds is 11. The Labute approximate surface area is 210 Å². The summed E-state index contributed by atoms with van der Waals surface area (Å²) in [6, 6.07) is 14.0. The van der Waals surface area contributed by atoms with Gasteiger partial charge in [-0.3, -0.25) is 9.21 Å². The molecule has 190 valence electrons. The first-order valence-electron chi connectivity index (χ1n) is 12.4. The van der Waals surface area contributed by atoms with Gasteiger partial charge in [-0.2, -0.15) is 5.26 Å². The van der Waals surface area contributed by atoms with Crippen molar-refractivity contribution in [1.29, 1.82) is 5.26 Å². The molecular formula is C27H37FN4O2S. The molecule has 35 heavy (non-hydrogen) atoms. The Morgan fingerprint density at radius 2 is 1.69 bits per heavy atom. The maximum atomic E-state index is 13.3. The zero-order valence-corrected chi connectivity index (χ0v) is 21.9. The normalized spacial score (nSPS) is 16.1. The van der Waals surface area contributed by atoms with Crippen LogP contribution in [0, 0.1) is 24.1 Å². The third kappa shape index (κ3) is 7.76. The van der Waals surface area contributed by atoms with Gasteiger partial charge in [0, 0.05) is 39.3 Å². The lowest BCUT2D eigenvalue weighted by molar-refractivity contribution is 0.133. The van der Waals surface area contributed by atoms with Crippen LogP contribution in [0.1, 0.15) is 48.8 Å². The number of nitriles is 1. The van der Waals surface area contributed by atoms with E-state index in [1.54, 1.807) is 0 Å². The van der Waals surface area contributed by atoms with Crippen LogP contribution < -0.4 is 4.31 Å². The van der Waals surface area contributed by atoms with Crippen molar-refractivity contribution < 1.29 is 12.8 Å². The first-order chi connectivity index (χ1) is 16.7. The zero-order valence-electron chi connectivity index (χ0n) is 21.1. The fourth-order valence-electron chi connectivity index (χ4n) is 4.80. The van der Waals surface area contributed by atoms with Gasteiger partial charge in [-0.15, -0.1) is 0 Å². The van der Waals surface area contributed by atoms with Crippen molar-refractivity contribution >= 4 is 15.7 Å². The summed E-state index contributed by atoms with van der Waals surface area (Å²) in [5.74, 6) is 0.131. The Bertz CT molecular complexity index is 1110. The molecule has 6 nitrogen and oxygen atoms in total. The Morgan fingerprint density at radius 3 is 2.23 bits per heavy atom. The molecule has 1 unspecified atom stereocenters. The third-order valence-corrected chi connectivity index (χ3v) is 8.16. The number of hydrogen-bond donors (Lipinski definition) is 0. The SMILES string of the molecule is CCC(CCCN1CCN(CCN(c2ccc(F)cc2)S(C)(=O)=O)CC1)c1ccc(C#N)c(C)c1. The van der Waals surface area contributed by atoms with E-state index in [0.29, 0.717) is 24.7 Å². The lowest BCUT2D eigenvalue weighted by Crippen LogP contribution is -2.49. The summed E-state index contributed by atoms with van der Waals surface area (Å²) in [5.41, 5.74) is 3.62. The van der Waals surface area contributed by atoms with Crippen molar-refractivity contribution in [1.82, 2.24) is 9.80 Å². The molecule has 1 fully saturated rings. The summed E-state index contributed by atoms with van der Waals surface area (Å²) < 4.78 is 39.2. The second kappa shape index (κ2) is 12.5. The second-order valence-electron chi connectivity index (χ2n) is 9.43. The number of nitrogens with zero attached hydrogens (tertiary/aromatic N) is 4. The minimum atomic E-state index is -3.44. The zero-order chi connectivity index (χ0) is 25.4. The Hall–Kier alpha value is -2.47. The molecule has 0 bridgehead atoms. The maximum Gasteiger partial charge on any atom is 0.232 e. The van der Waals surface area contributed by atoms with Crippen LogP contribution in [0.5, 0.6) is 0 Å². The van der Waals surface area contributed by atoms with Gasteiger partial charge in [-0.25, -0.2) is 12.8 Å². The van der Waals surface area contributed by atoms with Crippen molar-refractivity contribution in [3.63, 3.8) is 0 Å². The van der Waals surface area contributed by atoms with Crippen LogP contribution >= 0.6 is 0 Å². The van der Waals surface area contributed by atoms with Crippen LogP contribution in [0.4, 0.5) is 10.1 Å². The molecule has 1 aliphatic heterocycles. The average Bonchev–Trinajstić information content (AvgIpc) is 2.83. The van der Waals surface area contributed by atoms with Crippen LogP contribution in [0.3, 0.4) is 0 Å². The Morgan fingerprint density at radius 1 is 1.06 bits per heavy atom. The largest absolute Gasteiger partial charge is 0.301 e. The highest BCUT2D eigenvalue weighted by Crippen LogP contribution is 2.27. The van der Waals surface area contributed by atoms with Crippen molar-refractivity contribution in [2.24, 2.45) is 0 Å². The van der Waals surface area contributed by atoms with Crippen LogP contribution in [-0.4, -0.2) is 70.3 Å². The number of aryl methyl sites for hydroxylation is 1. The minimum Gasteiger partial charge on any atom is -0.301 e. The molecule has 8 heteroatoms. The highest BCUT2D eigenvalue weighted by atomic mass is 32.2. The van der Waals surface area contributed by atoms with Gasteiger partial charge in [0.25, 0.3) is 0 Å². The molecule has 3 rings (SSSR count). The molecule has 0 saturated carbocycles. The summed E-state index contributed by atoms with van der Waals surface area (Å²) in [6.07, 6.45) is 4.54. The van der Waals surface area contributed by atoms with E-state index in [2.05, 4.69) is 34.9 Å². The van der Waals surface area contributed by atoms with E-state index in [4.69, 9.17) is 5.26 Å². The van der Waals surface area contributed by atoms with Crippen molar-refractivity contribution in [3.05, 3.63) is 65.0 Å². The summed E-state index contributed by atoms with van der Waals surface area (Å²) >= 11 is 0. The molecule has 2 aromatic carbocycles. The molecule has 1 atom stereocenters. The Kier molecular flexibility index (Phi) is 9.67. The molecule has 1 aliphatic rings. The van der Waals surface area contributed by atoms with E-state index >= 15 is 0 Å². The van der Waals surface area contributed by atoms with Gasteiger partial charge in [0.2, 0.25) is 10.0 Å². The van der Waals surface area contributed by atoms with Crippen LogP contribution in [0.25, 0.3) is 0 Å². The minimum absolute atomic E-state index is 0.354. The van der Waals surface area contributed by atoms with Gasteiger partial charge in [-0.05, 0) is 80.1 Å². The number of sulfonamides is 1. The third-order valence-electron chi connectivity index (χ3n) is 6.96. The van der Waals surface area contributed by atoms with Crippen LogP contribution in [0.2, 0.25) is 0 Å². The van der Waals surface area contributed by atoms with Crippen LogP contribution in [0.15, 0.2) is 42.5 Å². The molecule has 2 aromatic rings. The standard InChI is InChI=1S/C27H37FN4O2S/c1-4-23(24-7-8-25(21-29)22(2)20-24)6-5-13-30-14-16-31(17-15-30)18-19-32(35(3,33)34)27-11-9-26(28)10-12-27/h7-12,20,23H,4-6,13-19H2,1-3H3. The van der Waals surface area contributed by atoms with E-state index < -0.39 is 10.0 Å². The van der Waals surface area contributed by atoms with Crippen molar-refractivity contribution in [3.8, 4) is 6.07 Å². The molecular weight excluding hydrogens is 463 g/mol. The molecule has 0 spiro atoms. The maximum absolute atomic E-state index is 13.3. The topological polar surface area (TPSA) is 67.7 Å². The summed E-state index contributed by atoms with van der Waals surface area (Å²) in [6.45, 7) is 10.1. The lowest BCUT2D eigenvalue weighted by Gasteiger charge is -2.36. The van der Waals surface area contributed by atoms with Gasteiger partial charge in [-0.1, -0.05) is 19.1 Å². The highest BCUT2D eigenvalue weighted by Gasteiger charge is 2.21. The first-order valence-corrected chi connectivity index (χ1v) is 14.2. The van der Waals surface area contributed by atoms with E-state index in [1.807, 2.05) is 13.0 Å². The number of halogens is 1. The lowest BCUT2D eigenvalue weighted by atomic mass is 9.90. The van der Waals surface area contributed by atoms with E-state index in [1.165, 1.54) is 40.4 Å². The smallest absolute Gasteiger partial charge is 0.232 e. The van der Waals surface area contributed by atoms with Crippen LogP contribution in [-0.2, 0) is 10.0 Å². The predicted molar refractivity (Wildman–Crippen MR) is 140 cm³/mol. The van der Waals surface area contributed by atoms with Gasteiger partial charge >= 0.3 is 0 Å². The van der Waals surface area contributed by atoms with E-state index in [-0.39, 0.29) is 5.82 Å². The highest BCUT2D eigenvalue weighted by molar-refractivity contribution is 7.92. The number of benzene rings is 2. The summed E-state index contributed by atoms with van der Waals surface area (Å²) in [5, 5.41) is 9.17. The van der Waals surface area contributed by atoms with E-state index in [9.17, 15) is 12.8 Å². The number of piperazine rings is 1. The predicted octanol–water partition coefficient (Wildman–Crippen LogP) is 4.36. The number of hydrogen-bond acceptors (Lipinski definition) is 5. The fraction of sp³-hybridized carbons (Fsp3) is 0.519. The van der Waals surface area contributed by atoms with Gasteiger partial charge in [0.05, 0.1) is 23.6 Å². The van der Waals surface area contributed by atoms with Crippen molar-refractivity contribution in [2.45, 2.75) is 39.0 Å². The molecule has 0 aliphatic carbocycles. The summed E-state index contributed by atoms with van der Waals surface area (Å²) in [4.78, 5) is 4.79. The molecule has 1 saturated heterocycles.